The normalized spacial score (nSPS) is 16.2. The molecule has 102 valence electrons. The standard InChI is InChI=1S/C18H20N2/c1-12-6-4-7-13(2)17(12)20-16-9-5-8-15-11-10-14(3)19-18(15)16/h4,6-7,10-11H,5,8-9H2,1-3H3. The summed E-state index contributed by atoms with van der Waals surface area (Å²) in [7, 11) is 0. The van der Waals surface area contributed by atoms with Gasteiger partial charge in [0.2, 0.25) is 0 Å². The first kappa shape index (κ1) is 13.0. The van der Waals surface area contributed by atoms with Gasteiger partial charge >= 0.3 is 0 Å². The van der Waals surface area contributed by atoms with E-state index in [9.17, 15) is 0 Å². The van der Waals surface area contributed by atoms with Gasteiger partial charge in [-0.1, -0.05) is 24.3 Å². The molecule has 0 spiro atoms. The van der Waals surface area contributed by atoms with Gasteiger partial charge in [0.15, 0.2) is 0 Å². The van der Waals surface area contributed by atoms with E-state index >= 15 is 0 Å². The molecule has 2 aromatic rings. The van der Waals surface area contributed by atoms with Crippen LogP contribution in [-0.2, 0) is 6.42 Å². The van der Waals surface area contributed by atoms with Crippen LogP contribution < -0.4 is 0 Å². The fraction of sp³-hybridized carbons (Fsp3) is 0.333. The van der Waals surface area contributed by atoms with E-state index in [0.29, 0.717) is 0 Å². The van der Waals surface area contributed by atoms with Crippen molar-refractivity contribution >= 4 is 11.4 Å². The van der Waals surface area contributed by atoms with Gasteiger partial charge in [-0.05, 0) is 62.8 Å². The monoisotopic (exact) mass is 264 g/mol. The molecule has 1 aromatic heterocycles. The fourth-order valence-electron chi connectivity index (χ4n) is 2.83. The van der Waals surface area contributed by atoms with Crippen LogP contribution in [0, 0.1) is 20.8 Å². The summed E-state index contributed by atoms with van der Waals surface area (Å²) in [4.78, 5) is 9.67. The Labute approximate surface area is 120 Å². The molecular weight excluding hydrogens is 244 g/mol. The topological polar surface area (TPSA) is 25.2 Å². The summed E-state index contributed by atoms with van der Waals surface area (Å²) in [5, 5.41) is 0. The smallest absolute Gasteiger partial charge is 0.0879 e. The second-order valence-corrected chi connectivity index (χ2v) is 5.61. The summed E-state index contributed by atoms with van der Waals surface area (Å²) in [6.45, 7) is 6.30. The number of benzene rings is 1. The van der Waals surface area contributed by atoms with E-state index in [0.717, 1.165) is 35.6 Å². The lowest BCUT2D eigenvalue weighted by atomic mass is 9.93. The quantitative estimate of drug-likeness (QED) is 0.746. The Morgan fingerprint density at radius 2 is 1.70 bits per heavy atom. The highest BCUT2D eigenvalue weighted by Gasteiger charge is 2.17. The molecule has 0 N–H and O–H groups in total. The first-order valence-electron chi connectivity index (χ1n) is 7.26. The molecule has 1 aliphatic rings. The van der Waals surface area contributed by atoms with Gasteiger partial charge in [-0.2, -0.15) is 0 Å². The predicted molar refractivity (Wildman–Crippen MR) is 84.0 cm³/mol. The predicted octanol–water partition coefficient (Wildman–Crippen LogP) is 4.46. The van der Waals surface area contributed by atoms with Crippen LogP contribution in [0.1, 0.15) is 40.9 Å². The van der Waals surface area contributed by atoms with Crippen molar-refractivity contribution in [2.24, 2.45) is 4.99 Å². The fourth-order valence-corrected chi connectivity index (χ4v) is 2.83. The molecule has 0 atom stereocenters. The molecule has 2 heteroatoms. The minimum Gasteiger partial charge on any atom is -0.252 e. The lowest BCUT2D eigenvalue weighted by Gasteiger charge is -2.18. The number of para-hydroxylation sites is 1. The van der Waals surface area contributed by atoms with E-state index in [-0.39, 0.29) is 0 Å². The maximum Gasteiger partial charge on any atom is 0.0879 e. The van der Waals surface area contributed by atoms with Crippen LogP contribution in [0.25, 0.3) is 0 Å². The number of hydrogen-bond donors (Lipinski definition) is 0. The van der Waals surface area contributed by atoms with Crippen LogP contribution >= 0.6 is 0 Å². The number of pyridine rings is 1. The summed E-state index contributed by atoms with van der Waals surface area (Å²) < 4.78 is 0. The molecule has 20 heavy (non-hydrogen) atoms. The van der Waals surface area contributed by atoms with Crippen LogP contribution in [0.2, 0.25) is 0 Å². The Morgan fingerprint density at radius 1 is 0.950 bits per heavy atom. The van der Waals surface area contributed by atoms with Gasteiger partial charge < -0.3 is 0 Å². The van der Waals surface area contributed by atoms with Crippen LogP contribution in [0.3, 0.4) is 0 Å². The van der Waals surface area contributed by atoms with E-state index < -0.39 is 0 Å². The molecular formula is C18H20N2. The maximum absolute atomic E-state index is 4.95. The van der Waals surface area contributed by atoms with Gasteiger partial charge in [-0.25, -0.2) is 0 Å². The van der Waals surface area contributed by atoms with Crippen molar-refractivity contribution < 1.29 is 0 Å². The largest absolute Gasteiger partial charge is 0.252 e. The second-order valence-electron chi connectivity index (χ2n) is 5.61. The minimum absolute atomic E-state index is 1.03. The highest BCUT2D eigenvalue weighted by Crippen LogP contribution is 2.27. The molecule has 0 saturated carbocycles. The summed E-state index contributed by atoms with van der Waals surface area (Å²) in [5.74, 6) is 0. The zero-order valence-corrected chi connectivity index (χ0v) is 12.4. The zero-order chi connectivity index (χ0) is 14.1. The summed E-state index contributed by atoms with van der Waals surface area (Å²) in [5.41, 5.74) is 8.24. The van der Waals surface area contributed by atoms with Crippen molar-refractivity contribution in [1.29, 1.82) is 0 Å². The number of aliphatic imine (C=N–C) groups is 1. The average molecular weight is 264 g/mol. The van der Waals surface area contributed by atoms with E-state index in [1.165, 1.54) is 23.1 Å². The van der Waals surface area contributed by atoms with Gasteiger partial charge in [0.05, 0.1) is 17.1 Å². The maximum atomic E-state index is 4.95. The Hall–Kier alpha value is -1.96. The Kier molecular flexibility index (Phi) is 3.39. The third kappa shape index (κ3) is 2.38. The van der Waals surface area contributed by atoms with E-state index in [1.54, 1.807) is 0 Å². The van der Waals surface area contributed by atoms with E-state index in [1.807, 2.05) is 6.92 Å². The first-order valence-corrected chi connectivity index (χ1v) is 7.26. The van der Waals surface area contributed by atoms with Crippen molar-refractivity contribution in [3.8, 4) is 0 Å². The molecule has 0 saturated heterocycles. The lowest BCUT2D eigenvalue weighted by molar-refractivity contribution is 0.823. The number of nitrogens with zero attached hydrogens (tertiary/aromatic N) is 2. The number of fused-ring (bicyclic) bond motifs is 1. The van der Waals surface area contributed by atoms with Crippen LogP contribution in [0.4, 0.5) is 5.69 Å². The molecule has 1 heterocycles. The third-order valence-corrected chi connectivity index (χ3v) is 3.94. The minimum atomic E-state index is 1.03. The van der Waals surface area contributed by atoms with Gasteiger partial charge in [0, 0.05) is 5.69 Å². The molecule has 2 nitrogen and oxygen atoms in total. The lowest BCUT2D eigenvalue weighted by Crippen LogP contribution is -2.14. The molecule has 1 aliphatic carbocycles. The van der Waals surface area contributed by atoms with Gasteiger partial charge in [-0.15, -0.1) is 0 Å². The Balaban J connectivity index is 2.13. The SMILES string of the molecule is Cc1ccc2c(n1)C(=Nc1c(C)cccc1C)CCC2. The number of rotatable bonds is 1. The Bertz CT molecular complexity index is 664. The molecule has 0 aliphatic heterocycles. The number of aryl methyl sites for hydroxylation is 4. The van der Waals surface area contributed by atoms with Gasteiger partial charge in [0.1, 0.15) is 0 Å². The Morgan fingerprint density at radius 3 is 2.45 bits per heavy atom. The van der Waals surface area contributed by atoms with Crippen LogP contribution in [-0.4, -0.2) is 10.7 Å². The molecule has 0 bridgehead atoms. The van der Waals surface area contributed by atoms with Crippen molar-refractivity contribution in [2.75, 3.05) is 0 Å². The van der Waals surface area contributed by atoms with Crippen LogP contribution in [0.15, 0.2) is 35.3 Å². The summed E-state index contributed by atoms with van der Waals surface area (Å²) in [6.07, 6.45) is 3.31. The molecule has 3 rings (SSSR count). The first-order chi connectivity index (χ1) is 9.65. The number of aromatic nitrogens is 1. The van der Waals surface area contributed by atoms with Crippen molar-refractivity contribution in [1.82, 2.24) is 4.98 Å². The van der Waals surface area contributed by atoms with Crippen molar-refractivity contribution in [3.63, 3.8) is 0 Å². The average Bonchev–Trinajstić information content (AvgIpc) is 2.43. The molecule has 1 aromatic carbocycles. The van der Waals surface area contributed by atoms with Gasteiger partial charge in [0.25, 0.3) is 0 Å². The zero-order valence-electron chi connectivity index (χ0n) is 12.4. The number of hydrogen-bond acceptors (Lipinski definition) is 2. The van der Waals surface area contributed by atoms with Crippen molar-refractivity contribution in [2.45, 2.75) is 40.0 Å². The second kappa shape index (κ2) is 5.20. The molecule has 0 fully saturated rings. The highest BCUT2D eigenvalue weighted by atomic mass is 14.8. The molecule has 0 amide bonds. The summed E-state index contributed by atoms with van der Waals surface area (Å²) >= 11 is 0. The van der Waals surface area contributed by atoms with Gasteiger partial charge in [-0.3, -0.25) is 9.98 Å². The molecule has 0 unspecified atom stereocenters. The third-order valence-electron chi connectivity index (χ3n) is 3.94. The van der Waals surface area contributed by atoms with E-state index in [4.69, 9.17) is 9.98 Å². The van der Waals surface area contributed by atoms with Crippen LogP contribution in [0.5, 0.6) is 0 Å². The highest BCUT2D eigenvalue weighted by molar-refractivity contribution is 6.02. The van der Waals surface area contributed by atoms with E-state index in [2.05, 4.69) is 44.2 Å². The molecule has 0 radical (unpaired) electrons. The summed E-state index contributed by atoms with van der Waals surface area (Å²) in [6, 6.07) is 10.6. The van der Waals surface area contributed by atoms with Crippen molar-refractivity contribution in [3.05, 3.63) is 58.4 Å².